The van der Waals surface area contributed by atoms with Crippen molar-refractivity contribution in [2.45, 2.75) is 13.0 Å². The van der Waals surface area contributed by atoms with Crippen LogP contribution in [0.4, 0.5) is 5.82 Å². The Morgan fingerprint density at radius 3 is 2.67 bits per heavy atom. The molecule has 0 amide bonds. The first kappa shape index (κ1) is 14.4. The Morgan fingerprint density at radius 2 is 1.92 bits per heavy atom. The molecule has 0 N–H and O–H groups in total. The molecular formula is C18H15N5O. The second-order valence-corrected chi connectivity index (χ2v) is 5.75. The van der Waals surface area contributed by atoms with Crippen LogP contribution in [0.3, 0.4) is 0 Å². The number of pyridine rings is 1. The van der Waals surface area contributed by atoms with Crippen molar-refractivity contribution in [2.24, 2.45) is 0 Å². The molecule has 1 aliphatic heterocycles. The highest BCUT2D eigenvalue weighted by molar-refractivity contribution is 5.76. The number of aromatic nitrogens is 3. The third-order valence-electron chi connectivity index (χ3n) is 4.02. The minimum Gasteiger partial charge on any atom is -0.487 e. The quantitative estimate of drug-likeness (QED) is 0.739. The lowest BCUT2D eigenvalue weighted by Crippen LogP contribution is -2.54. The number of hydrogen-bond donors (Lipinski definition) is 0. The van der Waals surface area contributed by atoms with Gasteiger partial charge in [0.25, 0.3) is 0 Å². The van der Waals surface area contributed by atoms with Crippen molar-refractivity contribution in [1.82, 2.24) is 15.0 Å². The Morgan fingerprint density at radius 1 is 1.17 bits per heavy atom. The first-order valence-corrected chi connectivity index (χ1v) is 7.74. The molecule has 4 rings (SSSR count). The van der Waals surface area contributed by atoms with Crippen LogP contribution in [0, 0.1) is 18.3 Å². The zero-order chi connectivity index (χ0) is 16.5. The van der Waals surface area contributed by atoms with Crippen LogP contribution in [0.25, 0.3) is 11.0 Å². The van der Waals surface area contributed by atoms with Crippen LogP contribution in [0.5, 0.6) is 5.75 Å². The molecule has 0 radical (unpaired) electrons. The normalized spacial score (nSPS) is 14.2. The van der Waals surface area contributed by atoms with E-state index in [-0.39, 0.29) is 6.10 Å². The van der Waals surface area contributed by atoms with E-state index in [0.717, 1.165) is 35.6 Å². The van der Waals surface area contributed by atoms with E-state index in [4.69, 9.17) is 15.0 Å². The van der Waals surface area contributed by atoms with Gasteiger partial charge in [-0.25, -0.2) is 15.0 Å². The molecule has 6 heteroatoms. The largest absolute Gasteiger partial charge is 0.487 e. The van der Waals surface area contributed by atoms with Gasteiger partial charge in [0.2, 0.25) is 0 Å². The Labute approximate surface area is 139 Å². The van der Waals surface area contributed by atoms with Gasteiger partial charge in [-0.15, -0.1) is 0 Å². The highest BCUT2D eigenvalue weighted by Crippen LogP contribution is 2.26. The monoisotopic (exact) mass is 317 g/mol. The van der Waals surface area contributed by atoms with E-state index < -0.39 is 0 Å². The Bertz CT molecular complexity index is 944. The smallest absolute Gasteiger partial charge is 0.151 e. The Balaban J connectivity index is 1.47. The van der Waals surface area contributed by atoms with Crippen molar-refractivity contribution in [3.8, 4) is 11.8 Å². The zero-order valence-electron chi connectivity index (χ0n) is 13.2. The van der Waals surface area contributed by atoms with E-state index in [9.17, 15) is 0 Å². The fourth-order valence-corrected chi connectivity index (χ4v) is 2.80. The number of aryl methyl sites for hydroxylation is 1. The molecule has 2 aromatic heterocycles. The van der Waals surface area contributed by atoms with Crippen LogP contribution in [0.15, 0.2) is 42.6 Å². The van der Waals surface area contributed by atoms with E-state index in [2.05, 4.69) is 14.9 Å². The van der Waals surface area contributed by atoms with Crippen LogP contribution in [0.1, 0.15) is 11.4 Å². The summed E-state index contributed by atoms with van der Waals surface area (Å²) >= 11 is 0. The number of nitriles is 1. The lowest BCUT2D eigenvalue weighted by Gasteiger charge is -2.40. The van der Waals surface area contributed by atoms with E-state index >= 15 is 0 Å². The first-order chi connectivity index (χ1) is 11.7. The maximum atomic E-state index is 8.88. The van der Waals surface area contributed by atoms with Crippen LogP contribution in [-0.4, -0.2) is 34.1 Å². The number of ether oxygens (including phenoxy) is 1. The third-order valence-corrected chi connectivity index (χ3v) is 4.02. The molecule has 0 atom stereocenters. The number of anilines is 1. The second kappa shape index (κ2) is 5.78. The number of benzene rings is 1. The van der Waals surface area contributed by atoms with Crippen molar-refractivity contribution in [3.63, 3.8) is 0 Å². The second-order valence-electron chi connectivity index (χ2n) is 5.75. The topological polar surface area (TPSA) is 74.9 Å². The molecule has 0 bridgehead atoms. The van der Waals surface area contributed by atoms with E-state index in [1.165, 1.54) is 0 Å². The van der Waals surface area contributed by atoms with Crippen molar-refractivity contribution in [2.75, 3.05) is 18.0 Å². The molecule has 1 fully saturated rings. The van der Waals surface area contributed by atoms with E-state index in [1.54, 1.807) is 18.3 Å². The Hall–Kier alpha value is -3.20. The molecule has 0 saturated carbocycles. The number of para-hydroxylation sites is 2. The molecular weight excluding hydrogens is 302 g/mol. The standard InChI is InChI=1S/C18H15N5O/c1-12-18(22-17-5-3-2-4-16(17)21-12)23-10-15(11-23)24-14-6-7-20-13(8-14)9-19/h2-8,15H,10-11H2,1H3. The van der Waals surface area contributed by atoms with Crippen LogP contribution >= 0.6 is 0 Å². The first-order valence-electron chi connectivity index (χ1n) is 7.74. The lowest BCUT2D eigenvalue weighted by molar-refractivity contribution is 0.166. The van der Waals surface area contributed by atoms with Crippen molar-refractivity contribution in [1.29, 1.82) is 5.26 Å². The maximum Gasteiger partial charge on any atom is 0.151 e. The SMILES string of the molecule is Cc1nc2ccccc2nc1N1CC(Oc2ccnc(C#N)c2)C1. The van der Waals surface area contributed by atoms with Gasteiger partial charge in [-0.05, 0) is 25.1 Å². The zero-order valence-corrected chi connectivity index (χ0v) is 13.2. The van der Waals surface area contributed by atoms with E-state index in [1.807, 2.05) is 37.3 Å². The summed E-state index contributed by atoms with van der Waals surface area (Å²) in [5, 5.41) is 8.88. The molecule has 1 aromatic carbocycles. The maximum absolute atomic E-state index is 8.88. The van der Waals surface area contributed by atoms with Gasteiger partial charge in [0, 0.05) is 12.3 Å². The van der Waals surface area contributed by atoms with Gasteiger partial charge < -0.3 is 9.64 Å². The van der Waals surface area contributed by atoms with Crippen molar-refractivity contribution < 1.29 is 4.74 Å². The molecule has 118 valence electrons. The summed E-state index contributed by atoms with van der Waals surface area (Å²) in [5.74, 6) is 1.58. The third kappa shape index (κ3) is 2.61. The predicted octanol–water partition coefficient (Wildman–Crippen LogP) is 2.47. The summed E-state index contributed by atoms with van der Waals surface area (Å²) in [4.78, 5) is 15.4. The summed E-state index contributed by atoms with van der Waals surface area (Å²) in [6.45, 7) is 3.47. The molecule has 0 unspecified atom stereocenters. The average Bonchev–Trinajstić information content (AvgIpc) is 2.57. The lowest BCUT2D eigenvalue weighted by atomic mass is 10.1. The van der Waals surface area contributed by atoms with Gasteiger partial charge in [0.05, 0.1) is 29.8 Å². The minimum atomic E-state index is 0.0756. The highest BCUT2D eigenvalue weighted by atomic mass is 16.5. The molecule has 1 aliphatic rings. The predicted molar refractivity (Wildman–Crippen MR) is 89.9 cm³/mol. The van der Waals surface area contributed by atoms with E-state index in [0.29, 0.717) is 11.4 Å². The molecule has 6 nitrogen and oxygen atoms in total. The fraction of sp³-hybridized carbons (Fsp3) is 0.222. The molecule has 3 aromatic rings. The molecule has 1 saturated heterocycles. The number of rotatable bonds is 3. The molecule has 3 heterocycles. The molecule has 0 spiro atoms. The van der Waals surface area contributed by atoms with Gasteiger partial charge in [-0.1, -0.05) is 12.1 Å². The average molecular weight is 317 g/mol. The summed E-state index contributed by atoms with van der Waals surface area (Å²) in [5.41, 5.74) is 3.09. The molecule has 24 heavy (non-hydrogen) atoms. The van der Waals surface area contributed by atoms with Crippen molar-refractivity contribution in [3.05, 3.63) is 54.0 Å². The number of fused-ring (bicyclic) bond motifs is 1. The highest BCUT2D eigenvalue weighted by Gasteiger charge is 2.31. The number of nitrogens with zero attached hydrogens (tertiary/aromatic N) is 5. The summed E-state index contributed by atoms with van der Waals surface area (Å²) in [6, 6.07) is 13.3. The van der Waals surface area contributed by atoms with Gasteiger partial charge in [-0.2, -0.15) is 5.26 Å². The Kier molecular flexibility index (Phi) is 3.47. The van der Waals surface area contributed by atoms with Gasteiger partial charge in [0.1, 0.15) is 23.6 Å². The summed E-state index contributed by atoms with van der Waals surface area (Å²) < 4.78 is 5.89. The minimum absolute atomic E-state index is 0.0756. The van der Waals surface area contributed by atoms with Crippen molar-refractivity contribution >= 4 is 16.9 Å². The van der Waals surface area contributed by atoms with Crippen LogP contribution in [0.2, 0.25) is 0 Å². The fourth-order valence-electron chi connectivity index (χ4n) is 2.80. The van der Waals surface area contributed by atoms with Crippen LogP contribution in [-0.2, 0) is 0 Å². The van der Waals surface area contributed by atoms with Gasteiger partial charge >= 0.3 is 0 Å². The van der Waals surface area contributed by atoms with Crippen LogP contribution < -0.4 is 9.64 Å². The summed E-state index contributed by atoms with van der Waals surface area (Å²) in [6.07, 6.45) is 1.66. The number of hydrogen-bond acceptors (Lipinski definition) is 6. The molecule has 0 aliphatic carbocycles. The summed E-state index contributed by atoms with van der Waals surface area (Å²) in [7, 11) is 0. The van der Waals surface area contributed by atoms with Gasteiger partial charge in [0.15, 0.2) is 5.82 Å². The van der Waals surface area contributed by atoms with Gasteiger partial charge in [-0.3, -0.25) is 0 Å².